The molecule has 2 rings (SSSR count). The van der Waals surface area contributed by atoms with Crippen LogP contribution in [0.4, 0.5) is 0 Å². The number of nitrogens with one attached hydrogen (secondary N) is 1. The van der Waals surface area contributed by atoms with Crippen LogP contribution in [-0.4, -0.2) is 32.9 Å². The van der Waals surface area contributed by atoms with Gasteiger partial charge in [-0.1, -0.05) is 23.2 Å². The number of rotatable bonds is 7. The van der Waals surface area contributed by atoms with Crippen molar-refractivity contribution in [2.45, 2.75) is 0 Å². The molecule has 8 heteroatoms. The van der Waals surface area contributed by atoms with E-state index in [-0.39, 0.29) is 6.61 Å². The minimum absolute atomic E-state index is 0.242. The van der Waals surface area contributed by atoms with Gasteiger partial charge in [0, 0.05) is 10.6 Å². The second-order valence-electron chi connectivity index (χ2n) is 4.76. The number of amides is 1. The molecule has 132 valence electrons. The van der Waals surface area contributed by atoms with Gasteiger partial charge in [0.2, 0.25) is 0 Å². The number of carbonyl (C=O) groups is 1. The molecule has 0 aliphatic heterocycles. The number of hydrazone groups is 1. The molecular formula is C17H16Cl2N2O4. The van der Waals surface area contributed by atoms with Gasteiger partial charge in [-0.2, -0.15) is 5.10 Å². The van der Waals surface area contributed by atoms with Crippen LogP contribution in [0, 0.1) is 0 Å². The third-order valence-electron chi connectivity index (χ3n) is 3.08. The summed E-state index contributed by atoms with van der Waals surface area (Å²) in [5, 5.41) is 4.69. The van der Waals surface area contributed by atoms with Crippen LogP contribution < -0.4 is 19.6 Å². The van der Waals surface area contributed by atoms with E-state index < -0.39 is 5.91 Å². The highest BCUT2D eigenvalue weighted by molar-refractivity contribution is 6.35. The van der Waals surface area contributed by atoms with Crippen molar-refractivity contribution in [2.75, 3.05) is 20.8 Å². The van der Waals surface area contributed by atoms with Gasteiger partial charge in [0.15, 0.2) is 6.61 Å². The maximum atomic E-state index is 11.8. The first-order valence-electron chi connectivity index (χ1n) is 7.15. The monoisotopic (exact) mass is 382 g/mol. The molecule has 1 N–H and O–H groups in total. The quantitative estimate of drug-likeness (QED) is 0.587. The summed E-state index contributed by atoms with van der Waals surface area (Å²) in [7, 11) is 3.10. The molecular weight excluding hydrogens is 367 g/mol. The summed E-state index contributed by atoms with van der Waals surface area (Å²) >= 11 is 11.8. The van der Waals surface area contributed by atoms with Crippen LogP contribution in [0.2, 0.25) is 10.0 Å². The van der Waals surface area contributed by atoms with Gasteiger partial charge in [-0.25, -0.2) is 5.43 Å². The van der Waals surface area contributed by atoms with E-state index in [0.29, 0.717) is 32.9 Å². The van der Waals surface area contributed by atoms with Gasteiger partial charge in [-0.15, -0.1) is 0 Å². The number of nitrogens with zero attached hydrogens (tertiary/aromatic N) is 1. The fourth-order valence-corrected chi connectivity index (χ4v) is 2.34. The number of carbonyl (C=O) groups excluding carboxylic acids is 1. The molecule has 0 saturated heterocycles. The second-order valence-corrected chi connectivity index (χ2v) is 5.61. The van der Waals surface area contributed by atoms with Gasteiger partial charge in [-0.05, 0) is 36.4 Å². The molecule has 0 fully saturated rings. The van der Waals surface area contributed by atoms with Crippen LogP contribution in [0.5, 0.6) is 17.2 Å². The summed E-state index contributed by atoms with van der Waals surface area (Å²) in [5.41, 5.74) is 3.02. The van der Waals surface area contributed by atoms with Gasteiger partial charge in [0.1, 0.15) is 17.2 Å². The minimum atomic E-state index is -0.441. The van der Waals surface area contributed by atoms with Crippen LogP contribution in [0.15, 0.2) is 41.5 Å². The maximum Gasteiger partial charge on any atom is 0.277 e. The third-order valence-corrected chi connectivity index (χ3v) is 3.61. The van der Waals surface area contributed by atoms with E-state index in [2.05, 4.69) is 10.5 Å². The Hall–Kier alpha value is -2.44. The van der Waals surface area contributed by atoms with E-state index >= 15 is 0 Å². The zero-order valence-corrected chi connectivity index (χ0v) is 15.1. The number of halogens is 2. The molecule has 6 nitrogen and oxygen atoms in total. The molecule has 0 bridgehead atoms. The van der Waals surface area contributed by atoms with Gasteiger partial charge < -0.3 is 14.2 Å². The zero-order chi connectivity index (χ0) is 18.2. The van der Waals surface area contributed by atoms with Crippen molar-refractivity contribution in [3.63, 3.8) is 0 Å². The fraction of sp³-hybridized carbons (Fsp3) is 0.176. The highest BCUT2D eigenvalue weighted by Gasteiger charge is 2.06. The number of ether oxygens (including phenoxy) is 3. The highest BCUT2D eigenvalue weighted by atomic mass is 35.5. The van der Waals surface area contributed by atoms with E-state index in [1.54, 1.807) is 44.6 Å². The lowest BCUT2D eigenvalue weighted by atomic mass is 10.2. The van der Waals surface area contributed by atoms with E-state index in [1.807, 2.05) is 0 Å². The Morgan fingerprint density at radius 3 is 2.56 bits per heavy atom. The van der Waals surface area contributed by atoms with Crippen molar-refractivity contribution in [3.8, 4) is 17.2 Å². The Morgan fingerprint density at radius 1 is 1.12 bits per heavy atom. The zero-order valence-electron chi connectivity index (χ0n) is 13.6. The molecule has 1 amide bonds. The van der Waals surface area contributed by atoms with Crippen molar-refractivity contribution in [1.82, 2.24) is 5.43 Å². The second kappa shape index (κ2) is 9.15. The van der Waals surface area contributed by atoms with Crippen LogP contribution >= 0.6 is 23.2 Å². The first-order chi connectivity index (χ1) is 12.0. The van der Waals surface area contributed by atoms with E-state index in [1.165, 1.54) is 12.3 Å². The van der Waals surface area contributed by atoms with Crippen LogP contribution in [0.25, 0.3) is 0 Å². The summed E-state index contributed by atoms with van der Waals surface area (Å²) in [6.45, 7) is -0.242. The van der Waals surface area contributed by atoms with Crippen LogP contribution in [0.1, 0.15) is 5.56 Å². The predicted octanol–water partition coefficient (Wildman–Crippen LogP) is 3.54. The number of benzene rings is 2. The smallest absolute Gasteiger partial charge is 0.277 e. The van der Waals surface area contributed by atoms with Crippen molar-refractivity contribution in [3.05, 3.63) is 52.0 Å². The highest BCUT2D eigenvalue weighted by Crippen LogP contribution is 2.27. The summed E-state index contributed by atoms with van der Waals surface area (Å²) in [6.07, 6.45) is 1.45. The van der Waals surface area contributed by atoms with Crippen LogP contribution in [0.3, 0.4) is 0 Å². The normalized spacial score (nSPS) is 10.6. The summed E-state index contributed by atoms with van der Waals surface area (Å²) in [6, 6.07) is 9.98. The average molecular weight is 383 g/mol. The summed E-state index contributed by atoms with van der Waals surface area (Å²) in [5.74, 6) is 1.17. The Bertz CT molecular complexity index is 781. The lowest BCUT2D eigenvalue weighted by molar-refractivity contribution is -0.123. The molecule has 0 saturated carbocycles. The Balaban J connectivity index is 1.92. The molecule has 0 aliphatic rings. The molecule has 2 aromatic carbocycles. The van der Waals surface area contributed by atoms with E-state index in [0.717, 1.165) is 0 Å². The predicted molar refractivity (Wildman–Crippen MR) is 97.2 cm³/mol. The van der Waals surface area contributed by atoms with Gasteiger partial charge in [0.05, 0.1) is 25.5 Å². The Kier molecular flexibility index (Phi) is 6.91. The van der Waals surface area contributed by atoms with Crippen molar-refractivity contribution < 1.29 is 19.0 Å². The molecule has 0 aliphatic carbocycles. The molecule has 0 aromatic heterocycles. The van der Waals surface area contributed by atoms with E-state index in [9.17, 15) is 4.79 Å². The van der Waals surface area contributed by atoms with Crippen molar-refractivity contribution >= 4 is 35.3 Å². The molecule has 0 spiro atoms. The number of methoxy groups -OCH3 is 2. The molecule has 0 atom stereocenters. The summed E-state index contributed by atoms with van der Waals surface area (Å²) in [4.78, 5) is 11.8. The van der Waals surface area contributed by atoms with Gasteiger partial charge in [0.25, 0.3) is 5.91 Å². The van der Waals surface area contributed by atoms with Gasteiger partial charge in [-0.3, -0.25) is 4.79 Å². The lowest BCUT2D eigenvalue weighted by Crippen LogP contribution is -2.24. The Labute approximate surface area is 155 Å². The fourth-order valence-electron chi connectivity index (χ4n) is 1.88. The first-order valence-corrected chi connectivity index (χ1v) is 7.91. The molecule has 0 heterocycles. The third kappa shape index (κ3) is 5.55. The minimum Gasteiger partial charge on any atom is -0.497 e. The maximum absolute atomic E-state index is 11.8. The van der Waals surface area contributed by atoms with Gasteiger partial charge >= 0.3 is 0 Å². The number of hydrogen-bond donors (Lipinski definition) is 1. The van der Waals surface area contributed by atoms with Crippen LogP contribution in [-0.2, 0) is 4.79 Å². The standard InChI is InChI=1S/C17H16Cl2N2O4/c1-23-13-4-6-15(24-2)11(7-13)9-20-21-17(22)10-25-16-5-3-12(18)8-14(16)19/h3-9H,10H2,1-2H3,(H,21,22)/b20-9-. The number of hydrogen-bond acceptors (Lipinski definition) is 5. The lowest BCUT2D eigenvalue weighted by Gasteiger charge is -2.08. The molecule has 0 radical (unpaired) electrons. The largest absolute Gasteiger partial charge is 0.497 e. The molecule has 25 heavy (non-hydrogen) atoms. The molecule has 0 unspecified atom stereocenters. The Morgan fingerprint density at radius 2 is 1.88 bits per heavy atom. The van der Waals surface area contributed by atoms with Crippen molar-refractivity contribution in [1.29, 1.82) is 0 Å². The van der Waals surface area contributed by atoms with Crippen molar-refractivity contribution in [2.24, 2.45) is 5.10 Å². The van der Waals surface area contributed by atoms with E-state index in [4.69, 9.17) is 37.4 Å². The molecule has 2 aromatic rings. The first kappa shape index (κ1) is 18.9. The SMILES string of the molecule is COc1ccc(OC)c(/C=N\NC(=O)COc2ccc(Cl)cc2Cl)c1. The topological polar surface area (TPSA) is 69.2 Å². The summed E-state index contributed by atoms with van der Waals surface area (Å²) < 4.78 is 15.7. The average Bonchev–Trinajstić information content (AvgIpc) is 2.60.